The molecule has 0 aromatic heterocycles. The van der Waals surface area contributed by atoms with E-state index in [2.05, 4.69) is 10.6 Å². The fourth-order valence-electron chi connectivity index (χ4n) is 4.13. The van der Waals surface area contributed by atoms with Gasteiger partial charge in [0.1, 0.15) is 6.04 Å². The summed E-state index contributed by atoms with van der Waals surface area (Å²) in [6.45, 7) is 3.24. The lowest BCUT2D eigenvalue weighted by molar-refractivity contribution is -0.144. The van der Waals surface area contributed by atoms with E-state index >= 15 is 0 Å². The Morgan fingerprint density at radius 2 is 2.00 bits per heavy atom. The summed E-state index contributed by atoms with van der Waals surface area (Å²) in [5.41, 5.74) is 0. The van der Waals surface area contributed by atoms with Gasteiger partial charge in [-0.1, -0.05) is 6.92 Å². The molecule has 3 fully saturated rings. The molecule has 3 rings (SSSR count). The second kappa shape index (κ2) is 5.72. The Labute approximate surface area is 120 Å². The maximum Gasteiger partial charge on any atom is 0.242 e. The van der Waals surface area contributed by atoms with Gasteiger partial charge in [0.25, 0.3) is 0 Å². The molecule has 3 aliphatic rings. The fourth-order valence-corrected chi connectivity index (χ4v) is 4.13. The van der Waals surface area contributed by atoms with Crippen molar-refractivity contribution in [1.29, 1.82) is 0 Å². The first-order valence-corrected chi connectivity index (χ1v) is 8.00. The standard InChI is InChI=1S/C15H25N3O2/c1-2-13-15(20)16-5-6-18(13)14(19)9-10-7-11-3-4-12(8-10)17-11/h10-13,17H,2-9H2,1H3,(H,16,20). The number of carbonyl (C=O) groups is 2. The summed E-state index contributed by atoms with van der Waals surface area (Å²) in [5, 5.41) is 6.46. The van der Waals surface area contributed by atoms with Gasteiger partial charge in [0.2, 0.25) is 11.8 Å². The van der Waals surface area contributed by atoms with Crippen molar-refractivity contribution in [1.82, 2.24) is 15.5 Å². The van der Waals surface area contributed by atoms with E-state index in [1.165, 1.54) is 12.8 Å². The molecule has 0 spiro atoms. The third-order valence-electron chi connectivity index (χ3n) is 5.07. The second-order valence-electron chi connectivity index (χ2n) is 6.48. The summed E-state index contributed by atoms with van der Waals surface area (Å²) in [5.74, 6) is 0.694. The number of nitrogens with one attached hydrogen (secondary N) is 2. The minimum absolute atomic E-state index is 0.0116. The normalized spacial score (nSPS) is 36.9. The van der Waals surface area contributed by atoms with Crippen LogP contribution in [0.4, 0.5) is 0 Å². The average molecular weight is 279 g/mol. The molecule has 3 unspecified atom stereocenters. The lowest BCUT2D eigenvalue weighted by Gasteiger charge is -2.36. The van der Waals surface area contributed by atoms with Crippen LogP contribution >= 0.6 is 0 Å². The zero-order valence-electron chi connectivity index (χ0n) is 12.2. The van der Waals surface area contributed by atoms with Crippen molar-refractivity contribution >= 4 is 11.8 Å². The first-order chi connectivity index (χ1) is 9.67. The molecule has 3 aliphatic heterocycles. The second-order valence-corrected chi connectivity index (χ2v) is 6.48. The Bertz CT molecular complexity index is 387. The Morgan fingerprint density at radius 3 is 2.65 bits per heavy atom. The molecule has 0 aromatic rings. The van der Waals surface area contributed by atoms with Crippen LogP contribution in [0.25, 0.3) is 0 Å². The molecule has 0 radical (unpaired) electrons. The predicted molar refractivity (Wildman–Crippen MR) is 76.1 cm³/mol. The highest BCUT2D eigenvalue weighted by Gasteiger charge is 2.37. The third kappa shape index (κ3) is 2.68. The zero-order chi connectivity index (χ0) is 14.1. The predicted octanol–water partition coefficient (Wildman–Crippen LogP) is 0.644. The number of fused-ring (bicyclic) bond motifs is 2. The van der Waals surface area contributed by atoms with Crippen LogP contribution < -0.4 is 10.6 Å². The van der Waals surface area contributed by atoms with Crippen LogP contribution in [0.2, 0.25) is 0 Å². The average Bonchev–Trinajstić information content (AvgIpc) is 2.77. The maximum absolute atomic E-state index is 12.5. The monoisotopic (exact) mass is 279 g/mol. The van der Waals surface area contributed by atoms with Gasteiger partial charge in [0.15, 0.2) is 0 Å². The lowest BCUT2D eigenvalue weighted by atomic mass is 9.89. The van der Waals surface area contributed by atoms with Gasteiger partial charge in [-0.2, -0.15) is 0 Å². The molecule has 2 N–H and O–H groups in total. The lowest BCUT2D eigenvalue weighted by Crippen LogP contribution is -2.57. The highest BCUT2D eigenvalue weighted by molar-refractivity contribution is 5.88. The van der Waals surface area contributed by atoms with Gasteiger partial charge in [-0.3, -0.25) is 9.59 Å². The number of piperidine rings is 1. The number of rotatable bonds is 3. The summed E-state index contributed by atoms with van der Waals surface area (Å²) in [4.78, 5) is 26.2. The van der Waals surface area contributed by atoms with Gasteiger partial charge in [-0.25, -0.2) is 0 Å². The molecular formula is C15H25N3O2. The first kappa shape index (κ1) is 13.9. The molecular weight excluding hydrogens is 254 g/mol. The largest absolute Gasteiger partial charge is 0.353 e. The van der Waals surface area contributed by atoms with Crippen molar-refractivity contribution in [3.63, 3.8) is 0 Å². The number of piperazine rings is 1. The van der Waals surface area contributed by atoms with Crippen LogP contribution in [-0.4, -0.2) is 47.9 Å². The highest BCUT2D eigenvalue weighted by Crippen LogP contribution is 2.33. The number of carbonyl (C=O) groups excluding carboxylic acids is 2. The Balaban J connectivity index is 1.59. The fraction of sp³-hybridized carbons (Fsp3) is 0.867. The Morgan fingerprint density at radius 1 is 1.30 bits per heavy atom. The van der Waals surface area contributed by atoms with E-state index in [1.807, 2.05) is 11.8 Å². The van der Waals surface area contributed by atoms with Crippen molar-refractivity contribution in [3.8, 4) is 0 Å². The molecule has 5 heteroatoms. The van der Waals surface area contributed by atoms with Gasteiger partial charge in [0.05, 0.1) is 0 Å². The van der Waals surface area contributed by atoms with Crippen LogP contribution in [0.3, 0.4) is 0 Å². The van der Waals surface area contributed by atoms with E-state index in [9.17, 15) is 9.59 Å². The van der Waals surface area contributed by atoms with Crippen LogP contribution in [0, 0.1) is 5.92 Å². The molecule has 3 saturated heterocycles. The number of nitrogens with zero attached hydrogens (tertiary/aromatic N) is 1. The van der Waals surface area contributed by atoms with E-state index < -0.39 is 0 Å². The van der Waals surface area contributed by atoms with Gasteiger partial charge in [-0.05, 0) is 38.0 Å². The summed E-state index contributed by atoms with van der Waals surface area (Å²) in [7, 11) is 0. The first-order valence-electron chi connectivity index (χ1n) is 8.00. The summed E-state index contributed by atoms with van der Waals surface area (Å²) < 4.78 is 0. The Kier molecular flexibility index (Phi) is 3.96. The Hall–Kier alpha value is -1.10. The van der Waals surface area contributed by atoms with Crippen LogP contribution in [0.1, 0.15) is 45.4 Å². The van der Waals surface area contributed by atoms with E-state index in [0.717, 1.165) is 12.8 Å². The zero-order valence-corrected chi connectivity index (χ0v) is 12.2. The molecule has 0 saturated carbocycles. The van der Waals surface area contributed by atoms with Crippen LogP contribution in [0.5, 0.6) is 0 Å². The quantitative estimate of drug-likeness (QED) is 0.797. The number of amides is 2. The van der Waals surface area contributed by atoms with E-state index in [4.69, 9.17) is 0 Å². The SMILES string of the molecule is CCC1C(=O)NCCN1C(=O)CC1CC2CCC(C1)N2. The van der Waals surface area contributed by atoms with Gasteiger partial charge < -0.3 is 15.5 Å². The van der Waals surface area contributed by atoms with Gasteiger partial charge in [-0.15, -0.1) is 0 Å². The van der Waals surface area contributed by atoms with Gasteiger partial charge in [0, 0.05) is 31.6 Å². The van der Waals surface area contributed by atoms with Crippen molar-refractivity contribution in [2.24, 2.45) is 5.92 Å². The van der Waals surface area contributed by atoms with Crippen LogP contribution in [-0.2, 0) is 9.59 Å². The molecule has 0 aromatic carbocycles. The molecule has 112 valence electrons. The maximum atomic E-state index is 12.5. The van der Waals surface area contributed by atoms with Crippen molar-refractivity contribution in [2.75, 3.05) is 13.1 Å². The molecule has 20 heavy (non-hydrogen) atoms. The van der Waals surface area contributed by atoms with Crippen molar-refractivity contribution in [2.45, 2.75) is 63.6 Å². The number of hydrogen-bond acceptors (Lipinski definition) is 3. The van der Waals surface area contributed by atoms with E-state index in [-0.39, 0.29) is 17.9 Å². The minimum atomic E-state index is -0.255. The van der Waals surface area contributed by atoms with Crippen molar-refractivity contribution in [3.05, 3.63) is 0 Å². The molecule has 5 nitrogen and oxygen atoms in total. The number of hydrogen-bond donors (Lipinski definition) is 2. The van der Waals surface area contributed by atoms with E-state index in [0.29, 0.717) is 43.9 Å². The molecule has 3 atom stereocenters. The third-order valence-corrected chi connectivity index (χ3v) is 5.07. The van der Waals surface area contributed by atoms with Gasteiger partial charge >= 0.3 is 0 Å². The summed E-state index contributed by atoms with van der Waals surface area (Å²) in [6.07, 6.45) is 6.10. The van der Waals surface area contributed by atoms with Crippen LogP contribution in [0.15, 0.2) is 0 Å². The minimum Gasteiger partial charge on any atom is -0.353 e. The smallest absolute Gasteiger partial charge is 0.242 e. The molecule has 2 amide bonds. The van der Waals surface area contributed by atoms with Crippen molar-refractivity contribution < 1.29 is 9.59 Å². The topological polar surface area (TPSA) is 61.4 Å². The summed E-state index contributed by atoms with van der Waals surface area (Å²) in [6, 6.07) is 0.992. The summed E-state index contributed by atoms with van der Waals surface area (Å²) >= 11 is 0. The molecule has 3 heterocycles. The molecule has 0 aliphatic carbocycles. The van der Waals surface area contributed by atoms with E-state index in [1.54, 1.807) is 0 Å². The molecule has 2 bridgehead atoms. The highest BCUT2D eigenvalue weighted by atomic mass is 16.2.